The highest BCUT2D eigenvalue weighted by Gasteiger charge is 2.27. The largest absolute Gasteiger partial charge is 0.467 e. The first-order chi connectivity index (χ1) is 11.3. The van der Waals surface area contributed by atoms with Crippen LogP contribution >= 0.6 is 11.3 Å². The van der Waals surface area contributed by atoms with Crippen LogP contribution in [0.5, 0.6) is 0 Å². The zero-order valence-corrected chi connectivity index (χ0v) is 14.3. The van der Waals surface area contributed by atoms with Gasteiger partial charge in [-0.05, 0) is 12.0 Å². The summed E-state index contributed by atoms with van der Waals surface area (Å²) in [5.74, 6) is -2.25. The summed E-state index contributed by atoms with van der Waals surface area (Å²) in [6.45, 7) is 3.03. The van der Waals surface area contributed by atoms with Crippen molar-refractivity contribution in [2.75, 3.05) is 13.7 Å². The predicted octanol–water partition coefficient (Wildman–Crippen LogP) is 1.52. The normalized spacial score (nSPS) is 12.8. The molecular weight excluding hydrogens is 340 g/mol. The van der Waals surface area contributed by atoms with Gasteiger partial charge in [-0.15, -0.1) is 0 Å². The molecule has 0 aliphatic rings. The number of hydrogen-bond acceptors (Lipinski definition) is 8. The minimum atomic E-state index is -0.846. The summed E-state index contributed by atoms with van der Waals surface area (Å²) in [6.07, 6.45) is 0.638. The fourth-order valence-electron chi connectivity index (χ4n) is 1.75. The second-order valence-electron chi connectivity index (χ2n) is 4.93. The Hall–Kier alpha value is -2.49. The van der Waals surface area contributed by atoms with Crippen LogP contribution in [0.4, 0.5) is 5.00 Å². The number of rotatable bonds is 8. The zero-order valence-electron chi connectivity index (χ0n) is 13.4. The second kappa shape index (κ2) is 8.96. The molecule has 0 aromatic carbocycles. The SMILES string of the molecule is CC[C@@H](C)[C@H](NC(=O)COC(=O)c1ccc([N+](=O)[O-])s1)C(=O)OC. The maximum absolute atomic E-state index is 11.8. The van der Waals surface area contributed by atoms with Crippen molar-refractivity contribution in [3.8, 4) is 0 Å². The standard InChI is InChI=1S/C14H18N2O7S/c1-4-8(2)12(14(19)22-3)15-10(17)7-23-13(18)9-5-6-11(24-9)16(20)21/h5-6,8,12H,4,7H2,1-3H3,(H,15,17)/t8-,12+/m1/s1. The van der Waals surface area contributed by atoms with Gasteiger partial charge in [-0.25, -0.2) is 9.59 Å². The van der Waals surface area contributed by atoms with Gasteiger partial charge in [0.15, 0.2) is 6.61 Å². The molecule has 0 saturated carbocycles. The van der Waals surface area contributed by atoms with Crippen molar-refractivity contribution in [2.45, 2.75) is 26.3 Å². The summed E-state index contributed by atoms with van der Waals surface area (Å²) in [4.78, 5) is 45.2. The molecular formula is C14H18N2O7S. The van der Waals surface area contributed by atoms with Gasteiger partial charge in [-0.2, -0.15) is 0 Å². The molecule has 1 N–H and O–H groups in total. The highest BCUT2D eigenvalue weighted by atomic mass is 32.1. The maximum Gasteiger partial charge on any atom is 0.349 e. The summed E-state index contributed by atoms with van der Waals surface area (Å²) in [5, 5.41) is 12.8. The van der Waals surface area contributed by atoms with Crippen molar-refractivity contribution < 1.29 is 28.8 Å². The molecule has 0 aliphatic heterocycles. The maximum atomic E-state index is 11.8. The number of nitro groups is 1. The Morgan fingerprint density at radius 2 is 2.04 bits per heavy atom. The second-order valence-corrected chi connectivity index (χ2v) is 5.99. The van der Waals surface area contributed by atoms with Crippen LogP contribution in [0.2, 0.25) is 0 Å². The van der Waals surface area contributed by atoms with E-state index in [1.807, 2.05) is 6.92 Å². The van der Waals surface area contributed by atoms with Crippen LogP contribution in [-0.2, 0) is 19.1 Å². The van der Waals surface area contributed by atoms with Crippen LogP contribution in [0.15, 0.2) is 12.1 Å². The molecule has 9 nitrogen and oxygen atoms in total. The van der Waals surface area contributed by atoms with Gasteiger partial charge in [0, 0.05) is 6.07 Å². The number of nitrogens with zero attached hydrogens (tertiary/aromatic N) is 1. The summed E-state index contributed by atoms with van der Waals surface area (Å²) in [7, 11) is 1.22. The van der Waals surface area contributed by atoms with Crippen molar-refractivity contribution in [3.05, 3.63) is 27.1 Å². The molecule has 1 aromatic heterocycles. The Morgan fingerprint density at radius 3 is 2.54 bits per heavy atom. The van der Waals surface area contributed by atoms with E-state index in [2.05, 4.69) is 10.1 Å². The van der Waals surface area contributed by atoms with E-state index in [1.54, 1.807) is 6.92 Å². The number of carbonyl (C=O) groups excluding carboxylic acids is 3. The van der Waals surface area contributed by atoms with Gasteiger partial charge in [0.05, 0.1) is 12.0 Å². The quantitative estimate of drug-likeness (QED) is 0.424. The lowest BCUT2D eigenvalue weighted by Gasteiger charge is -2.21. The van der Waals surface area contributed by atoms with Gasteiger partial charge >= 0.3 is 16.9 Å². The van der Waals surface area contributed by atoms with Crippen LogP contribution in [0, 0.1) is 16.0 Å². The molecule has 0 saturated heterocycles. The van der Waals surface area contributed by atoms with Gasteiger partial charge < -0.3 is 14.8 Å². The molecule has 0 unspecified atom stereocenters. The molecule has 0 bridgehead atoms. The van der Waals surface area contributed by atoms with E-state index in [4.69, 9.17) is 4.74 Å². The van der Waals surface area contributed by atoms with E-state index < -0.39 is 35.4 Å². The average Bonchev–Trinajstić information content (AvgIpc) is 3.06. The zero-order chi connectivity index (χ0) is 18.3. The smallest absolute Gasteiger partial charge is 0.349 e. The Labute approximate surface area is 142 Å². The van der Waals surface area contributed by atoms with E-state index in [9.17, 15) is 24.5 Å². The molecule has 1 heterocycles. The average molecular weight is 358 g/mol. The minimum absolute atomic E-state index is 0.0148. The first kappa shape index (κ1) is 19.6. The number of esters is 2. The molecule has 10 heteroatoms. The first-order valence-electron chi connectivity index (χ1n) is 7.08. The Balaban J connectivity index is 2.58. The third kappa shape index (κ3) is 5.30. The molecule has 132 valence electrons. The van der Waals surface area contributed by atoms with Crippen LogP contribution in [0.25, 0.3) is 0 Å². The summed E-state index contributed by atoms with van der Waals surface area (Å²) in [6, 6.07) is 1.59. The van der Waals surface area contributed by atoms with E-state index in [0.717, 1.165) is 0 Å². The molecule has 1 aromatic rings. The number of thiophene rings is 1. The summed E-state index contributed by atoms with van der Waals surface area (Å²) in [5.41, 5.74) is 0. The number of carbonyl (C=O) groups is 3. The topological polar surface area (TPSA) is 125 Å². The third-order valence-corrected chi connectivity index (χ3v) is 4.31. The molecule has 24 heavy (non-hydrogen) atoms. The van der Waals surface area contributed by atoms with E-state index >= 15 is 0 Å². The monoisotopic (exact) mass is 358 g/mol. The van der Waals surface area contributed by atoms with Crippen molar-refractivity contribution in [1.82, 2.24) is 5.32 Å². The van der Waals surface area contributed by atoms with E-state index in [-0.39, 0.29) is 15.8 Å². The minimum Gasteiger partial charge on any atom is -0.467 e. The van der Waals surface area contributed by atoms with Gasteiger partial charge in [-0.3, -0.25) is 14.9 Å². The molecule has 0 radical (unpaired) electrons. The lowest BCUT2D eigenvalue weighted by atomic mass is 9.99. The van der Waals surface area contributed by atoms with Crippen molar-refractivity contribution >= 4 is 34.2 Å². The number of ether oxygens (including phenoxy) is 2. The number of nitrogens with one attached hydrogen (secondary N) is 1. The predicted molar refractivity (Wildman–Crippen MR) is 84.7 cm³/mol. The van der Waals surface area contributed by atoms with Crippen molar-refractivity contribution in [2.24, 2.45) is 5.92 Å². The number of methoxy groups -OCH3 is 1. The van der Waals surface area contributed by atoms with Gasteiger partial charge in [0.2, 0.25) is 0 Å². The van der Waals surface area contributed by atoms with Gasteiger partial charge in [-0.1, -0.05) is 31.6 Å². The van der Waals surface area contributed by atoms with Crippen LogP contribution in [-0.4, -0.2) is 42.5 Å². The van der Waals surface area contributed by atoms with Crippen LogP contribution in [0.3, 0.4) is 0 Å². The highest BCUT2D eigenvalue weighted by Crippen LogP contribution is 2.24. The Morgan fingerprint density at radius 1 is 1.38 bits per heavy atom. The lowest BCUT2D eigenvalue weighted by molar-refractivity contribution is -0.380. The molecule has 0 fully saturated rings. The molecule has 1 amide bonds. The Bertz CT molecular complexity index is 628. The molecule has 0 spiro atoms. The number of hydrogen-bond donors (Lipinski definition) is 1. The van der Waals surface area contributed by atoms with Crippen LogP contribution in [0.1, 0.15) is 29.9 Å². The van der Waals surface area contributed by atoms with Crippen molar-refractivity contribution in [3.63, 3.8) is 0 Å². The van der Waals surface area contributed by atoms with Gasteiger partial charge in [0.1, 0.15) is 10.9 Å². The van der Waals surface area contributed by atoms with Crippen LogP contribution < -0.4 is 5.32 Å². The van der Waals surface area contributed by atoms with Crippen molar-refractivity contribution in [1.29, 1.82) is 0 Å². The molecule has 0 aliphatic carbocycles. The third-order valence-electron chi connectivity index (χ3n) is 3.29. The van der Waals surface area contributed by atoms with E-state index in [0.29, 0.717) is 17.8 Å². The summed E-state index contributed by atoms with van der Waals surface area (Å²) < 4.78 is 9.43. The first-order valence-corrected chi connectivity index (χ1v) is 7.90. The number of amides is 1. The lowest BCUT2D eigenvalue weighted by Crippen LogP contribution is -2.47. The highest BCUT2D eigenvalue weighted by molar-refractivity contribution is 7.17. The Kier molecular flexibility index (Phi) is 7.31. The molecule has 2 atom stereocenters. The van der Waals surface area contributed by atoms with E-state index in [1.165, 1.54) is 19.2 Å². The summed E-state index contributed by atoms with van der Waals surface area (Å²) >= 11 is 0.652. The fraction of sp³-hybridized carbons (Fsp3) is 0.500. The molecule has 1 rings (SSSR count). The fourth-order valence-corrected chi connectivity index (χ4v) is 2.46. The van der Waals surface area contributed by atoms with Gasteiger partial charge in [0.25, 0.3) is 5.91 Å².